The number of benzene rings is 1. The van der Waals surface area contributed by atoms with Crippen LogP contribution in [0.25, 0.3) is 0 Å². The van der Waals surface area contributed by atoms with Gasteiger partial charge in [-0.1, -0.05) is 46.3 Å². The Labute approximate surface area is 117 Å². The average molecular weight is 305 g/mol. The van der Waals surface area contributed by atoms with Crippen molar-refractivity contribution in [3.05, 3.63) is 59.3 Å². The van der Waals surface area contributed by atoms with E-state index in [0.29, 0.717) is 0 Å². The van der Waals surface area contributed by atoms with Gasteiger partial charge in [0.05, 0.1) is 0 Å². The third kappa shape index (κ3) is 3.10. The summed E-state index contributed by atoms with van der Waals surface area (Å²) in [5, 5.41) is 0.849. The molecule has 0 bridgehead atoms. The second-order valence-electron chi connectivity index (χ2n) is 4.44. The highest BCUT2D eigenvalue weighted by Crippen LogP contribution is 2.16. The molecule has 1 heterocycles. The van der Waals surface area contributed by atoms with Crippen molar-refractivity contribution >= 4 is 21.7 Å². The summed E-state index contributed by atoms with van der Waals surface area (Å²) in [5.41, 5.74) is 3.86. The Balaban J connectivity index is 2.11. The molecule has 0 fully saturated rings. The molecular formula is C15H17BrN2. The Bertz CT molecular complexity index is 508. The Kier molecular flexibility index (Phi) is 4.37. The van der Waals surface area contributed by atoms with Gasteiger partial charge in [-0.3, -0.25) is 0 Å². The van der Waals surface area contributed by atoms with Gasteiger partial charge in [-0.05, 0) is 29.7 Å². The van der Waals surface area contributed by atoms with Gasteiger partial charge in [0.25, 0.3) is 0 Å². The van der Waals surface area contributed by atoms with Gasteiger partial charge in [-0.25, -0.2) is 4.98 Å². The summed E-state index contributed by atoms with van der Waals surface area (Å²) in [4.78, 5) is 6.64. The van der Waals surface area contributed by atoms with Crippen LogP contribution in [-0.2, 0) is 11.9 Å². The van der Waals surface area contributed by atoms with Gasteiger partial charge in [0.2, 0.25) is 0 Å². The van der Waals surface area contributed by atoms with E-state index in [-0.39, 0.29) is 0 Å². The van der Waals surface area contributed by atoms with Crippen LogP contribution < -0.4 is 4.90 Å². The van der Waals surface area contributed by atoms with Crippen LogP contribution in [-0.4, -0.2) is 12.0 Å². The van der Waals surface area contributed by atoms with Crippen LogP contribution in [0.15, 0.2) is 42.6 Å². The van der Waals surface area contributed by atoms with E-state index < -0.39 is 0 Å². The topological polar surface area (TPSA) is 16.1 Å². The summed E-state index contributed by atoms with van der Waals surface area (Å²) in [6, 6.07) is 12.6. The predicted molar refractivity (Wildman–Crippen MR) is 80.2 cm³/mol. The standard InChI is InChI=1S/C15H17BrN2/c1-12-5-3-4-6-14(12)11-18(2)15-8-7-13(9-16)10-17-15/h3-8,10H,9,11H2,1-2H3. The molecule has 18 heavy (non-hydrogen) atoms. The lowest BCUT2D eigenvalue weighted by Crippen LogP contribution is -2.18. The normalized spacial score (nSPS) is 10.4. The van der Waals surface area contributed by atoms with Gasteiger partial charge in [0, 0.05) is 25.1 Å². The molecule has 0 N–H and O–H groups in total. The smallest absolute Gasteiger partial charge is 0.128 e. The molecule has 0 amide bonds. The van der Waals surface area contributed by atoms with E-state index in [1.165, 1.54) is 16.7 Å². The molecule has 0 radical (unpaired) electrons. The number of aromatic nitrogens is 1. The quantitative estimate of drug-likeness (QED) is 0.796. The van der Waals surface area contributed by atoms with Crippen molar-refractivity contribution in [1.82, 2.24) is 4.98 Å². The lowest BCUT2D eigenvalue weighted by molar-refractivity contribution is 0.889. The number of aryl methyl sites for hydroxylation is 1. The minimum Gasteiger partial charge on any atom is -0.355 e. The van der Waals surface area contributed by atoms with Crippen LogP contribution in [0.2, 0.25) is 0 Å². The summed E-state index contributed by atoms with van der Waals surface area (Å²) >= 11 is 3.43. The second kappa shape index (κ2) is 6.01. The maximum atomic E-state index is 4.47. The molecule has 0 atom stereocenters. The van der Waals surface area contributed by atoms with E-state index in [1.807, 2.05) is 6.20 Å². The zero-order valence-electron chi connectivity index (χ0n) is 10.7. The van der Waals surface area contributed by atoms with Crippen molar-refractivity contribution in [3.8, 4) is 0 Å². The zero-order chi connectivity index (χ0) is 13.0. The summed E-state index contributed by atoms with van der Waals surface area (Å²) in [5.74, 6) is 1.00. The van der Waals surface area contributed by atoms with E-state index in [4.69, 9.17) is 0 Å². The lowest BCUT2D eigenvalue weighted by Gasteiger charge is -2.19. The van der Waals surface area contributed by atoms with E-state index >= 15 is 0 Å². The average Bonchev–Trinajstić information content (AvgIpc) is 2.41. The molecular weight excluding hydrogens is 288 g/mol. The van der Waals surface area contributed by atoms with Crippen molar-refractivity contribution in [3.63, 3.8) is 0 Å². The summed E-state index contributed by atoms with van der Waals surface area (Å²) in [7, 11) is 2.07. The number of nitrogens with zero attached hydrogens (tertiary/aromatic N) is 2. The first-order valence-electron chi connectivity index (χ1n) is 5.97. The van der Waals surface area contributed by atoms with Crippen LogP contribution in [0.5, 0.6) is 0 Å². The molecule has 0 saturated heterocycles. The first kappa shape index (κ1) is 13.1. The highest BCUT2D eigenvalue weighted by atomic mass is 79.9. The fraction of sp³-hybridized carbons (Fsp3) is 0.267. The largest absolute Gasteiger partial charge is 0.355 e. The molecule has 3 heteroatoms. The number of hydrogen-bond donors (Lipinski definition) is 0. The number of anilines is 1. The van der Waals surface area contributed by atoms with E-state index in [9.17, 15) is 0 Å². The molecule has 1 aromatic carbocycles. The molecule has 0 spiro atoms. The first-order chi connectivity index (χ1) is 8.70. The van der Waals surface area contributed by atoms with Gasteiger partial charge in [0.15, 0.2) is 0 Å². The van der Waals surface area contributed by atoms with Crippen molar-refractivity contribution < 1.29 is 0 Å². The van der Waals surface area contributed by atoms with Gasteiger partial charge < -0.3 is 4.90 Å². The summed E-state index contributed by atoms with van der Waals surface area (Å²) in [6.07, 6.45) is 1.92. The fourth-order valence-corrected chi connectivity index (χ4v) is 2.18. The first-order valence-corrected chi connectivity index (χ1v) is 7.09. The van der Waals surface area contributed by atoms with E-state index in [2.05, 4.69) is 76.2 Å². The van der Waals surface area contributed by atoms with Gasteiger partial charge in [-0.2, -0.15) is 0 Å². The van der Waals surface area contributed by atoms with Crippen LogP contribution in [0.3, 0.4) is 0 Å². The number of halogens is 1. The Morgan fingerprint density at radius 2 is 1.94 bits per heavy atom. The minimum atomic E-state index is 0.849. The highest BCUT2D eigenvalue weighted by molar-refractivity contribution is 9.08. The zero-order valence-corrected chi connectivity index (χ0v) is 12.3. The molecule has 1 aromatic heterocycles. The van der Waals surface area contributed by atoms with Gasteiger partial charge >= 0.3 is 0 Å². The maximum absolute atomic E-state index is 4.47. The summed E-state index contributed by atoms with van der Waals surface area (Å²) in [6.45, 7) is 3.03. The van der Waals surface area contributed by atoms with Gasteiger partial charge in [-0.15, -0.1) is 0 Å². The number of rotatable bonds is 4. The molecule has 2 nitrogen and oxygen atoms in total. The van der Waals surface area contributed by atoms with E-state index in [1.54, 1.807) is 0 Å². The predicted octanol–water partition coefficient (Wildman–Crippen LogP) is 3.92. The van der Waals surface area contributed by atoms with Gasteiger partial charge in [0.1, 0.15) is 5.82 Å². The molecule has 94 valence electrons. The molecule has 0 unspecified atom stereocenters. The Morgan fingerprint density at radius 3 is 2.56 bits per heavy atom. The second-order valence-corrected chi connectivity index (χ2v) is 5.00. The third-order valence-corrected chi connectivity index (χ3v) is 3.67. The lowest BCUT2D eigenvalue weighted by atomic mass is 10.1. The highest BCUT2D eigenvalue weighted by Gasteiger charge is 2.05. The summed E-state index contributed by atoms with van der Waals surface area (Å²) < 4.78 is 0. The number of pyridine rings is 1. The third-order valence-electron chi connectivity index (χ3n) is 3.02. The van der Waals surface area contributed by atoms with E-state index in [0.717, 1.165) is 17.7 Å². The molecule has 0 aliphatic carbocycles. The molecule has 0 aliphatic rings. The SMILES string of the molecule is Cc1ccccc1CN(C)c1ccc(CBr)cn1. The monoisotopic (exact) mass is 304 g/mol. The van der Waals surface area contributed by atoms with Crippen LogP contribution >= 0.6 is 15.9 Å². The van der Waals surface area contributed by atoms with Crippen molar-refractivity contribution in [2.45, 2.75) is 18.8 Å². The minimum absolute atomic E-state index is 0.849. The number of hydrogen-bond acceptors (Lipinski definition) is 2. The maximum Gasteiger partial charge on any atom is 0.128 e. The molecule has 0 saturated carbocycles. The molecule has 2 aromatic rings. The van der Waals surface area contributed by atoms with Crippen molar-refractivity contribution in [1.29, 1.82) is 0 Å². The van der Waals surface area contributed by atoms with Crippen LogP contribution in [0, 0.1) is 6.92 Å². The van der Waals surface area contributed by atoms with Crippen LogP contribution in [0.1, 0.15) is 16.7 Å². The fourth-order valence-electron chi connectivity index (χ4n) is 1.85. The molecule has 2 rings (SSSR count). The molecule has 0 aliphatic heterocycles. The Morgan fingerprint density at radius 1 is 1.17 bits per heavy atom. The van der Waals surface area contributed by atoms with Crippen molar-refractivity contribution in [2.24, 2.45) is 0 Å². The van der Waals surface area contributed by atoms with Crippen molar-refractivity contribution in [2.75, 3.05) is 11.9 Å². The number of alkyl halides is 1. The van der Waals surface area contributed by atoms with Crippen LogP contribution in [0.4, 0.5) is 5.82 Å². The Hall–Kier alpha value is -1.35.